The molecule has 3 heterocycles. The molecule has 1 amide bonds. The number of likely N-dealkylation sites (N-methyl/N-ethyl adjacent to an activating group) is 1. The summed E-state index contributed by atoms with van der Waals surface area (Å²) in [7, 11) is 1.68. The quantitative estimate of drug-likeness (QED) is 0.153. The van der Waals surface area contributed by atoms with Gasteiger partial charge >= 0.3 is 0 Å². The van der Waals surface area contributed by atoms with Gasteiger partial charge in [-0.2, -0.15) is 0 Å². The Morgan fingerprint density at radius 3 is 2.80 bits per heavy atom. The standard InChI is InChI=1S/C30H33FN4O6/c1-16-19-6-5-7-20-22-13-35-26(29(22)34-25(28(19)20)11-24(16)31)10-21(23(30(35)38)14-39-15-36)17(2)41-18(3)40-9-8-33-27(37)12-32-4/h10-11,15,17,32H,3,5-9,12-14H2,1-2,4H3,(H,33,37). The Labute approximate surface area is 236 Å². The number of hydrogen-bond acceptors (Lipinski definition) is 8. The molecular weight excluding hydrogens is 531 g/mol. The average Bonchev–Trinajstić information content (AvgIpc) is 3.32. The highest BCUT2D eigenvalue weighted by Gasteiger charge is 2.32. The van der Waals surface area contributed by atoms with Crippen molar-refractivity contribution in [3.05, 3.63) is 74.2 Å². The lowest BCUT2D eigenvalue weighted by atomic mass is 9.85. The second kappa shape index (κ2) is 11.7. The van der Waals surface area contributed by atoms with E-state index in [0.29, 0.717) is 41.0 Å². The number of pyridine rings is 2. The first-order valence-electron chi connectivity index (χ1n) is 13.6. The molecule has 10 nitrogen and oxygen atoms in total. The largest absolute Gasteiger partial charge is 0.464 e. The first kappa shape index (κ1) is 28.3. The molecule has 0 spiro atoms. The molecule has 1 aliphatic heterocycles. The van der Waals surface area contributed by atoms with E-state index in [2.05, 4.69) is 17.2 Å². The third-order valence-electron chi connectivity index (χ3n) is 7.73. The fourth-order valence-electron chi connectivity index (χ4n) is 5.82. The highest BCUT2D eigenvalue weighted by molar-refractivity contribution is 5.92. The van der Waals surface area contributed by atoms with Gasteiger partial charge in [-0.25, -0.2) is 9.37 Å². The van der Waals surface area contributed by atoms with Crippen molar-refractivity contribution in [1.82, 2.24) is 20.2 Å². The van der Waals surface area contributed by atoms with E-state index in [4.69, 9.17) is 19.2 Å². The maximum Gasteiger partial charge on any atom is 0.293 e. The minimum Gasteiger partial charge on any atom is -0.464 e. The van der Waals surface area contributed by atoms with Gasteiger partial charge in [-0.05, 0) is 69.5 Å². The number of nitrogens with one attached hydrogen (secondary N) is 2. The Bertz CT molecular complexity index is 1620. The first-order valence-corrected chi connectivity index (χ1v) is 13.6. The Balaban J connectivity index is 1.48. The van der Waals surface area contributed by atoms with Crippen LogP contribution >= 0.6 is 0 Å². The van der Waals surface area contributed by atoms with Crippen LogP contribution in [0.2, 0.25) is 0 Å². The molecule has 0 saturated carbocycles. The minimum absolute atomic E-state index is 0.00976. The molecule has 11 heteroatoms. The second-order valence-electron chi connectivity index (χ2n) is 10.2. The number of carbonyl (C=O) groups is 2. The van der Waals surface area contributed by atoms with Crippen LogP contribution in [0, 0.1) is 12.7 Å². The summed E-state index contributed by atoms with van der Waals surface area (Å²) in [6.45, 7) is 8.31. The van der Waals surface area contributed by atoms with Crippen LogP contribution in [0.4, 0.5) is 4.39 Å². The zero-order valence-electron chi connectivity index (χ0n) is 23.4. The monoisotopic (exact) mass is 564 g/mol. The summed E-state index contributed by atoms with van der Waals surface area (Å²) < 4.78 is 32.8. The molecule has 3 aromatic rings. The molecule has 1 aromatic carbocycles. The van der Waals surface area contributed by atoms with Gasteiger partial charge in [0, 0.05) is 22.6 Å². The SMILES string of the molecule is C=C(OCCNC(=O)CNC)OC(C)c1cc2n(c(=O)c1COC=O)Cc1c-2nc2cc(F)c(C)c3c2c1CCC3. The predicted molar refractivity (Wildman–Crippen MR) is 150 cm³/mol. The van der Waals surface area contributed by atoms with Crippen molar-refractivity contribution in [1.29, 1.82) is 0 Å². The number of nitrogens with zero attached hydrogens (tertiary/aromatic N) is 2. The van der Waals surface area contributed by atoms with Crippen LogP contribution in [0.15, 0.2) is 29.5 Å². The lowest BCUT2D eigenvalue weighted by Gasteiger charge is -2.22. The normalized spacial score (nSPS) is 13.8. The maximum absolute atomic E-state index is 14.8. The molecule has 41 heavy (non-hydrogen) atoms. The zero-order valence-corrected chi connectivity index (χ0v) is 23.4. The van der Waals surface area contributed by atoms with Gasteiger partial charge in [0.2, 0.25) is 5.91 Å². The summed E-state index contributed by atoms with van der Waals surface area (Å²) in [4.78, 5) is 41.3. The van der Waals surface area contributed by atoms with Gasteiger partial charge in [0.1, 0.15) is 25.1 Å². The summed E-state index contributed by atoms with van der Waals surface area (Å²) in [6.07, 6.45) is 1.81. The van der Waals surface area contributed by atoms with Crippen LogP contribution in [0.3, 0.4) is 0 Å². The molecule has 216 valence electrons. The molecule has 0 radical (unpaired) electrons. The topological polar surface area (TPSA) is 121 Å². The Morgan fingerprint density at radius 1 is 1.27 bits per heavy atom. The van der Waals surface area contributed by atoms with Gasteiger partial charge in [-0.3, -0.25) is 14.4 Å². The van der Waals surface area contributed by atoms with E-state index >= 15 is 0 Å². The van der Waals surface area contributed by atoms with Gasteiger partial charge in [0.25, 0.3) is 18.0 Å². The van der Waals surface area contributed by atoms with Crippen molar-refractivity contribution in [2.45, 2.75) is 52.4 Å². The lowest BCUT2D eigenvalue weighted by molar-refractivity contribution is -0.130. The number of halogens is 1. The van der Waals surface area contributed by atoms with Crippen LogP contribution in [-0.2, 0) is 49.8 Å². The lowest BCUT2D eigenvalue weighted by Crippen LogP contribution is -2.34. The van der Waals surface area contributed by atoms with Gasteiger partial charge in [0.15, 0.2) is 0 Å². The number of hydrogen-bond donors (Lipinski definition) is 2. The molecule has 2 aromatic heterocycles. The average molecular weight is 565 g/mol. The Hall–Kier alpha value is -4.25. The highest BCUT2D eigenvalue weighted by atomic mass is 19.1. The van der Waals surface area contributed by atoms with Crippen LogP contribution in [0.25, 0.3) is 22.3 Å². The van der Waals surface area contributed by atoms with Crippen molar-refractivity contribution >= 4 is 23.3 Å². The molecule has 0 saturated heterocycles. The summed E-state index contributed by atoms with van der Waals surface area (Å²) in [5, 5.41) is 6.44. The first-order chi connectivity index (χ1) is 19.7. The third-order valence-corrected chi connectivity index (χ3v) is 7.73. The molecule has 2 aliphatic rings. The number of ether oxygens (including phenoxy) is 3. The number of amides is 1. The number of aryl methyl sites for hydroxylation is 2. The van der Waals surface area contributed by atoms with E-state index in [9.17, 15) is 18.8 Å². The van der Waals surface area contributed by atoms with Gasteiger partial charge in [0.05, 0.1) is 42.1 Å². The fraction of sp³-hybridized carbons (Fsp3) is 0.400. The van der Waals surface area contributed by atoms with E-state index in [1.54, 1.807) is 25.5 Å². The van der Waals surface area contributed by atoms with E-state index in [1.165, 1.54) is 6.07 Å². The summed E-state index contributed by atoms with van der Waals surface area (Å²) >= 11 is 0. The Kier molecular flexibility index (Phi) is 8.07. The molecule has 1 atom stereocenters. The maximum atomic E-state index is 14.8. The van der Waals surface area contributed by atoms with Gasteiger partial charge in [-0.15, -0.1) is 0 Å². The molecule has 2 N–H and O–H groups in total. The van der Waals surface area contributed by atoms with E-state index in [0.717, 1.165) is 41.3 Å². The van der Waals surface area contributed by atoms with E-state index < -0.39 is 6.10 Å². The fourth-order valence-corrected chi connectivity index (χ4v) is 5.82. The smallest absolute Gasteiger partial charge is 0.293 e. The van der Waals surface area contributed by atoms with Crippen LogP contribution < -0.4 is 16.2 Å². The summed E-state index contributed by atoms with van der Waals surface area (Å²) in [5.41, 5.74) is 5.98. The third kappa shape index (κ3) is 5.29. The van der Waals surface area contributed by atoms with Crippen molar-refractivity contribution < 1.29 is 28.2 Å². The van der Waals surface area contributed by atoms with Crippen LogP contribution in [0.1, 0.15) is 52.8 Å². The molecule has 5 rings (SSSR count). The van der Waals surface area contributed by atoms with Crippen molar-refractivity contribution in [3.8, 4) is 11.4 Å². The molecule has 0 bridgehead atoms. The second-order valence-corrected chi connectivity index (χ2v) is 10.2. The molecule has 1 unspecified atom stereocenters. The van der Waals surface area contributed by atoms with Gasteiger partial charge < -0.3 is 29.4 Å². The highest BCUT2D eigenvalue weighted by Crippen LogP contribution is 2.41. The summed E-state index contributed by atoms with van der Waals surface area (Å²) in [5.74, 6) is -0.442. The van der Waals surface area contributed by atoms with Crippen LogP contribution in [-0.4, -0.2) is 48.7 Å². The molecular formula is C30H33FN4O6. The Morgan fingerprint density at radius 2 is 2.05 bits per heavy atom. The van der Waals surface area contributed by atoms with Crippen molar-refractivity contribution in [2.75, 3.05) is 26.7 Å². The van der Waals surface area contributed by atoms with E-state index in [-0.39, 0.29) is 55.1 Å². The number of carbonyl (C=O) groups excluding carboxylic acids is 2. The number of benzene rings is 1. The van der Waals surface area contributed by atoms with Crippen molar-refractivity contribution in [2.24, 2.45) is 0 Å². The number of aromatic nitrogens is 2. The van der Waals surface area contributed by atoms with E-state index in [1.807, 2.05) is 6.07 Å². The number of fused-ring (bicyclic) bond motifs is 4. The molecule has 0 fully saturated rings. The van der Waals surface area contributed by atoms with Crippen LogP contribution in [0.5, 0.6) is 0 Å². The van der Waals surface area contributed by atoms with Gasteiger partial charge in [-0.1, -0.05) is 0 Å². The zero-order chi connectivity index (χ0) is 29.3. The molecule has 1 aliphatic carbocycles. The predicted octanol–water partition coefficient (Wildman–Crippen LogP) is 2.94. The number of rotatable bonds is 12. The minimum atomic E-state index is -0.695. The van der Waals surface area contributed by atoms with Crippen molar-refractivity contribution in [3.63, 3.8) is 0 Å². The summed E-state index contributed by atoms with van der Waals surface area (Å²) in [6, 6.07) is 3.29.